The summed E-state index contributed by atoms with van der Waals surface area (Å²) < 4.78 is 4.96. The van der Waals surface area contributed by atoms with Crippen molar-refractivity contribution in [1.82, 2.24) is 4.90 Å². The molecule has 0 saturated carbocycles. The maximum absolute atomic E-state index is 12.2. The Hall–Kier alpha value is -2.09. The molecule has 1 aliphatic rings. The number of likely N-dealkylation sites (tertiary alicyclic amines) is 1. The Balaban J connectivity index is 2.06. The molecule has 2 N–H and O–H groups in total. The van der Waals surface area contributed by atoms with E-state index in [1.807, 2.05) is 6.92 Å². The van der Waals surface area contributed by atoms with Crippen molar-refractivity contribution in [3.8, 4) is 0 Å². The van der Waals surface area contributed by atoms with E-state index in [1.165, 1.54) is 16.2 Å². The van der Waals surface area contributed by atoms with E-state index in [1.54, 1.807) is 13.0 Å². The fourth-order valence-electron chi connectivity index (χ4n) is 2.29. The number of aliphatic carboxylic acids is 1. The third kappa shape index (κ3) is 3.56. The maximum atomic E-state index is 12.2. The average molecular weight is 326 g/mol. The molecule has 1 aromatic rings. The van der Waals surface area contributed by atoms with Crippen LogP contribution in [0.25, 0.3) is 0 Å². The number of ether oxygens (including phenoxy) is 1. The molecule has 1 saturated heterocycles. The summed E-state index contributed by atoms with van der Waals surface area (Å²) in [6.45, 7) is 4.38. The zero-order valence-electron chi connectivity index (χ0n) is 12.4. The number of carboxylic acids is 1. The second-order valence-electron chi connectivity index (χ2n) is 5.02. The number of carbonyl (C=O) groups is 3. The first-order valence-corrected chi connectivity index (χ1v) is 7.80. The minimum absolute atomic E-state index is 0.181. The van der Waals surface area contributed by atoms with E-state index in [4.69, 9.17) is 9.84 Å². The zero-order valence-corrected chi connectivity index (χ0v) is 13.2. The molecule has 0 spiro atoms. The molecule has 1 atom stereocenters. The van der Waals surface area contributed by atoms with Gasteiger partial charge in [-0.1, -0.05) is 0 Å². The molecule has 7 nitrogen and oxygen atoms in total. The monoisotopic (exact) mass is 326 g/mol. The molecule has 0 aromatic carbocycles. The van der Waals surface area contributed by atoms with Gasteiger partial charge in [-0.2, -0.15) is 0 Å². The second kappa shape index (κ2) is 6.78. The molecule has 1 aliphatic heterocycles. The summed E-state index contributed by atoms with van der Waals surface area (Å²) in [5.41, 5.74) is 0.326. The molecule has 8 heteroatoms. The van der Waals surface area contributed by atoms with Crippen LogP contribution in [0.15, 0.2) is 6.07 Å². The molecule has 2 heterocycles. The fraction of sp³-hybridized carbons (Fsp3) is 0.500. The number of carbonyl (C=O) groups excluding carboxylic acids is 2. The molecular weight excluding hydrogens is 308 g/mol. The van der Waals surface area contributed by atoms with Gasteiger partial charge in [-0.3, -0.25) is 10.1 Å². The van der Waals surface area contributed by atoms with Gasteiger partial charge >= 0.3 is 18.0 Å². The lowest BCUT2D eigenvalue weighted by Crippen LogP contribution is -2.34. The average Bonchev–Trinajstić information content (AvgIpc) is 3.06. The van der Waals surface area contributed by atoms with Gasteiger partial charge in [-0.05, 0) is 26.3 Å². The van der Waals surface area contributed by atoms with Crippen molar-refractivity contribution in [3.63, 3.8) is 0 Å². The Morgan fingerprint density at radius 2 is 2.23 bits per heavy atom. The molecule has 120 valence electrons. The summed E-state index contributed by atoms with van der Waals surface area (Å²) in [6, 6.07) is 1.28. The normalized spacial score (nSPS) is 17.4. The van der Waals surface area contributed by atoms with E-state index >= 15 is 0 Å². The van der Waals surface area contributed by atoms with Crippen molar-refractivity contribution in [3.05, 3.63) is 16.5 Å². The number of amides is 2. The lowest BCUT2D eigenvalue weighted by Gasteiger charge is -2.16. The Kier molecular flexibility index (Phi) is 5.02. The summed E-state index contributed by atoms with van der Waals surface area (Å²) >= 11 is 1.29. The molecule has 0 aliphatic carbocycles. The number of carboxylic acid groups (broad SMARTS) is 1. The van der Waals surface area contributed by atoms with Gasteiger partial charge in [0, 0.05) is 18.0 Å². The molecule has 2 amide bonds. The highest BCUT2D eigenvalue weighted by Gasteiger charge is 2.31. The number of hydrogen-bond donors (Lipinski definition) is 2. The van der Waals surface area contributed by atoms with Gasteiger partial charge in [-0.25, -0.2) is 9.59 Å². The summed E-state index contributed by atoms with van der Waals surface area (Å²) in [5.74, 6) is -1.90. The summed E-state index contributed by atoms with van der Waals surface area (Å²) in [6.07, 6.45) is 0.441. The van der Waals surface area contributed by atoms with Gasteiger partial charge in [0.25, 0.3) is 0 Å². The predicted octanol–water partition coefficient (Wildman–Crippen LogP) is 2.17. The van der Waals surface area contributed by atoms with Crippen LogP contribution in [-0.4, -0.2) is 47.7 Å². The van der Waals surface area contributed by atoms with Crippen LogP contribution in [0.1, 0.15) is 28.6 Å². The highest BCUT2D eigenvalue weighted by Crippen LogP contribution is 2.29. The molecule has 2 rings (SSSR count). The summed E-state index contributed by atoms with van der Waals surface area (Å²) in [5, 5.41) is 12.1. The Labute approximate surface area is 131 Å². The van der Waals surface area contributed by atoms with Crippen LogP contribution < -0.4 is 5.32 Å². The van der Waals surface area contributed by atoms with Crippen LogP contribution in [0.5, 0.6) is 0 Å². The summed E-state index contributed by atoms with van der Waals surface area (Å²) in [7, 11) is 0. The largest absolute Gasteiger partial charge is 0.481 e. The van der Waals surface area contributed by atoms with Gasteiger partial charge in [-0.15, -0.1) is 11.3 Å². The van der Waals surface area contributed by atoms with Crippen LogP contribution in [0.2, 0.25) is 0 Å². The third-order valence-corrected chi connectivity index (χ3v) is 4.36. The highest BCUT2D eigenvalue weighted by molar-refractivity contribution is 7.16. The van der Waals surface area contributed by atoms with Crippen LogP contribution in [0.3, 0.4) is 0 Å². The number of esters is 1. The van der Waals surface area contributed by atoms with E-state index in [0.29, 0.717) is 23.5 Å². The SMILES string of the molecule is CCOC(=O)c1cc(C)sc1NC(=O)N1CCC(C(=O)O)C1. The number of anilines is 1. The zero-order chi connectivity index (χ0) is 16.3. The van der Waals surface area contributed by atoms with Crippen LogP contribution >= 0.6 is 11.3 Å². The quantitative estimate of drug-likeness (QED) is 0.827. The van der Waals surface area contributed by atoms with E-state index in [-0.39, 0.29) is 13.2 Å². The number of nitrogens with one attached hydrogen (secondary N) is 1. The number of rotatable bonds is 4. The topological polar surface area (TPSA) is 95.9 Å². The van der Waals surface area contributed by atoms with Crippen LogP contribution in [0, 0.1) is 12.8 Å². The minimum atomic E-state index is -0.894. The van der Waals surface area contributed by atoms with Crippen molar-refractivity contribution < 1.29 is 24.2 Å². The number of nitrogens with zero attached hydrogens (tertiary/aromatic N) is 1. The molecular formula is C14H18N2O5S. The Morgan fingerprint density at radius 3 is 2.82 bits per heavy atom. The van der Waals surface area contributed by atoms with Crippen molar-refractivity contribution >= 4 is 34.3 Å². The first-order valence-electron chi connectivity index (χ1n) is 6.98. The molecule has 1 fully saturated rings. The molecule has 1 aromatic heterocycles. The predicted molar refractivity (Wildman–Crippen MR) is 81.3 cm³/mol. The molecule has 0 radical (unpaired) electrons. The highest BCUT2D eigenvalue weighted by atomic mass is 32.1. The first-order chi connectivity index (χ1) is 10.4. The van der Waals surface area contributed by atoms with Gasteiger partial charge in [0.1, 0.15) is 5.00 Å². The molecule has 22 heavy (non-hydrogen) atoms. The fourth-order valence-corrected chi connectivity index (χ4v) is 3.18. The Bertz CT molecular complexity index is 598. The number of hydrogen-bond acceptors (Lipinski definition) is 5. The molecule has 1 unspecified atom stereocenters. The maximum Gasteiger partial charge on any atom is 0.341 e. The molecule has 0 bridgehead atoms. The lowest BCUT2D eigenvalue weighted by molar-refractivity contribution is -0.141. The van der Waals surface area contributed by atoms with E-state index in [2.05, 4.69) is 5.32 Å². The lowest BCUT2D eigenvalue weighted by atomic mass is 10.1. The van der Waals surface area contributed by atoms with E-state index in [0.717, 1.165) is 4.88 Å². The minimum Gasteiger partial charge on any atom is -0.481 e. The Morgan fingerprint density at radius 1 is 1.50 bits per heavy atom. The van der Waals surface area contributed by atoms with Crippen molar-refractivity contribution in [1.29, 1.82) is 0 Å². The van der Waals surface area contributed by atoms with Crippen molar-refractivity contribution in [2.24, 2.45) is 5.92 Å². The second-order valence-corrected chi connectivity index (χ2v) is 6.28. The van der Waals surface area contributed by atoms with Gasteiger partial charge in [0.2, 0.25) is 0 Å². The standard InChI is InChI=1S/C14H18N2O5S/c1-3-21-13(19)10-6-8(2)22-11(10)15-14(20)16-5-4-9(7-16)12(17)18/h6,9H,3-5,7H2,1-2H3,(H,15,20)(H,17,18). The third-order valence-electron chi connectivity index (χ3n) is 3.40. The first kappa shape index (κ1) is 16.3. The van der Waals surface area contributed by atoms with Gasteiger partial charge in [0.15, 0.2) is 0 Å². The number of aryl methyl sites for hydroxylation is 1. The van der Waals surface area contributed by atoms with Gasteiger partial charge < -0.3 is 14.7 Å². The summed E-state index contributed by atoms with van der Waals surface area (Å²) in [4.78, 5) is 37.3. The van der Waals surface area contributed by atoms with Crippen LogP contribution in [-0.2, 0) is 9.53 Å². The van der Waals surface area contributed by atoms with E-state index in [9.17, 15) is 14.4 Å². The van der Waals surface area contributed by atoms with E-state index < -0.39 is 23.9 Å². The van der Waals surface area contributed by atoms with Gasteiger partial charge in [0.05, 0.1) is 18.1 Å². The van der Waals surface area contributed by atoms with Crippen molar-refractivity contribution in [2.75, 3.05) is 25.0 Å². The van der Waals surface area contributed by atoms with Crippen LogP contribution in [0.4, 0.5) is 9.80 Å². The smallest absolute Gasteiger partial charge is 0.341 e. The number of urea groups is 1. The van der Waals surface area contributed by atoms with Crippen molar-refractivity contribution in [2.45, 2.75) is 20.3 Å². The number of thiophene rings is 1.